The number of benzene rings is 2. The number of ether oxygens (including phenoxy) is 1. The molecule has 2 aliphatic rings. The maximum absolute atomic E-state index is 13.3. The van der Waals surface area contributed by atoms with Crippen LogP contribution in [0.25, 0.3) is 5.76 Å². The molecule has 3 heterocycles. The van der Waals surface area contributed by atoms with Crippen molar-refractivity contribution in [1.82, 2.24) is 9.88 Å². The smallest absolute Gasteiger partial charge is 0.295 e. The van der Waals surface area contributed by atoms with Gasteiger partial charge in [0.05, 0.1) is 23.5 Å². The number of pyridine rings is 1. The Morgan fingerprint density at radius 3 is 2.69 bits per heavy atom. The molecule has 178 valence electrons. The number of carbonyl (C=O) groups excluding carboxylic acids is 2. The lowest BCUT2D eigenvalue weighted by Gasteiger charge is -2.28. The van der Waals surface area contributed by atoms with E-state index in [1.807, 2.05) is 11.9 Å². The number of likely N-dealkylation sites (N-methyl/N-ethyl adjacent to an activating group) is 1. The zero-order valence-corrected chi connectivity index (χ0v) is 19.1. The minimum atomic E-state index is -0.846. The molecule has 1 amide bonds. The van der Waals surface area contributed by atoms with Crippen LogP contribution in [0.1, 0.15) is 22.9 Å². The third kappa shape index (κ3) is 4.23. The van der Waals surface area contributed by atoms with Gasteiger partial charge in [-0.15, -0.1) is 0 Å². The number of halogens is 1. The number of hydrogen-bond donors (Lipinski definition) is 1. The number of aliphatic hydroxyl groups excluding tert-OH is 1. The summed E-state index contributed by atoms with van der Waals surface area (Å²) in [6.07, 6.45) is 2.00. The van der Waals surface area contributed by atoms with Gasteiger partial charge in [0.1, 0.15) is 30.0 Å². The van der Waals surface area contributed by atoms with Gasteiger partial charge in [-0.25, -0.2) is 4.39 Å². The number of Topliss-reactive ketones (excluding diaryl/α,β-unsaturated/α-hetero) is 1. The predicted octanol–water partition coefficient (Wildman–Crippen LogP) is 3.71. The molecule has 0 bridgehead atoms. The number of amides is 1. The average Bonchev–Trinajstić information content (AvgIpc) is 3.13. The maximum atomic E-state index is 13.3. The van der Waals surface area contributed by atoms with Gasteiger partial charge in [-0.2, -0.15) is 0 Å². The zero-order chi connectivity index (χ0) is 24.5. The van der Waals surface area contributed by atoms with E-state index in [0.29, 0.717) is 36.6 Å². The Morgan fingerprint density at radius 1 is 1.14 bits per heavy atom. The first-order valence-corrected chi connectivity index (χ1v) is 11.4. The van der Waals surface area contributed by atoms with Crippen LogP contribution in [0.5, 0.6) is 5.75 Å². The van der Waals surface area contributed by atoms with E-state index in [-0.39, 0.29) is 23.7 Å². The molecule has 2 aliphatic heterocycles. The number of aromatic nitrogens is 1. The molecule has 0 radical (unpaired) electrons. The van der Waals surface area contributed by atoms with Crippen molar-refractivity contribution in [2.24, 2.45) is 0 Å². The highest BCUT2D eigenvalue weighted by molar-refractivity contribution is 6.46. The van der Waals surface area contributed by atoms with Crippen LogP contribution in [0.4, 0.5) is 10.1 Å². The topological polar surface area (TPSA) is 83.0 Å². The standard InChI is InChI=1S/C27H24FN3O4/c1-30-14-15-35-22-10-7-18(16-21(22)30)25(32)23-24(20-4-2-3-12-29-20)31(27(34)26(23)33)13-11-17-5-8-19(28)9-6-17/h2-10,12,16,24,32H,11,13-15H2,1H3/b25-23-. The van der Waals surface area contributed by atoms with Gasteiger partial charge in [0, 0.05) is 25.4 Å². The fourth-order valence-electron chi connectivity index (χ4n) is 4.51. The largest absolute Gasteiger partial charge is 0.507 e. The van der Waals surface area contributed by atoms with Crippen LogP contribution in [0.15, 0.2) is 72.4 Å². The number of anilines is 1. The number of rotatable bonds is 5. The van der Waals surface area contributed by atoms with Gasteiger partial charge in [-0.05, 0) is 54.4 Å². The molecule has 1 unspecified atom stereocenters. The van der Waals surface area contributed by atoms with E-state index in [4.69, 9.17) is 4.74 Å². The molecule has 1 saturated heterocycles. The second-order valence-electron chi connectivity index (χ2n) is 8.58. The Hall–Kier alpha value is -4.20. The van der Waals surface area contributed by atoms with Crippen molar-refractivity contribution in [3.05, 3.63) is 95.1 Å². The van der Waals surface area contributed by atoms with E-state index in [0.717, 1.165) is 11.3 Å². The van der Waals surface area contributed by atoms with Crippen molar-refractivity contribution in [2.45, 2.75) is 12.5 Å². The number of aliphatic hydroxyl groups is 1. The van der Waals surface area contributed by atoms with Crippen molar-refractivity contribution in [3.63, 3.8) is 0 Å². The third-order valence-electron chi connectivity index (χ3n) is 6.39. The van der Waals surface area contributed by atoms with Gasteiger partial charge in [-0.3, -0.25) is 14.6 Å². The highest BCUT2D eigenvalue weighted by Gasteiger charge is 2.46. The number of carbonyl (C=O) groups is 2. The molecule has 5 rings (SSSR count). The molecule has 3 aromatic rings. The molecule has 1 aromatic heterocycles. The second kappa shape index (κ2) is 9.21. The number of nitrogens with zero attached hydrogens (tertiary/aromatic N) is 3. The monoisotopic (exact) mass is 473 g/mol. The molecular formula is C27H24FN3O4. The number of likely N-dealkylation sites (tertiary alicyclic amines) is 1. The first kappa shape index (κ1) is 22.6. The van der Waals surface area contributed by atoms with E-state index in [1.54, 1.807) is 54.7 Å². The Balaban J connectivity index is 1.55. The summed E-state index contributed by atoms with van der Waals surface area (Å²) >= 11 is 0. The molecule has 1 atom stereocenters. The first-order valence-electron chi connectivity index (χ1n) is 11.4. The van der Waals surface area contributed by atoms with Gasteiger partial charge >= 0.3 is 0 Å². The fraction of sp³-hybridized carbons (Fsp3) is 0.222. The van der Waals surface area contributed by atoms with E-state index in [2.05, 4.69) is 4.98 Å². The molecule has 0 saturated carbocycles. The quantitative estimate of drug-likeness (QED) is 0.346. The van der Waals surface area contributed by atoms with Crippen molar-refractivity contribution in [1.29, 1.82) is 0 Å². The maximum Gasteiger partial charge on any atom is 0.295 e. The summed E-state index contributed by atoms with van der Waals surface area (Å²) in [6, 6.07) is 15.6. The minimum absolute atomic E-state index is 0.00728. The van der Waals surface area contributed by atoms with Crippen LogP contribution in [0.3, 0.4) is 0 Å². The van der Waals surface area contributed by atoms with Gasteiger partial charge in [0.2, 0.25) is 0 Å². The van der Waals surface area contributed by atoms with Crippen molar-refractivity contribution < 1.29 is 23.8 Å². The molecule has 0 spiro atoms. The van der Waals surface area contributed by atoms with Gasteiger partial charge in [0.15, 0.2) is 0 Å². The van der Waals surface area contributed by atoms with Crippen LogP contribution in [-0.2, 0) is 16.0 Å². The van der Waals surface area contributed by atoms with Crippen LogP contribution in [0.2, 0.25) is 0 Å². The van der Waals surface area contributed by atoms with Crippen molar-refractivity contribution in [3.8, 4) is 5.75 Å². The zero-order valence-electron chi connectivity index (χ0n) is 19.1. The summed E-state index contributed by atoms with van der Waals surface area (Å²) in [5.41, 5.74) is 2.50. The number of hydrogen-bond acceptors (Lipinski definition) is 6. The van der Waals surface area contributed by atoms with Gasteiger partial charge in [0.25, 0.3) is 11.7 Å². The Kier molecular flexibility index (Phi) is 5.94. The molecule has 1 fully saturated rings. The number of ketones is 1. The van der Waals surface area contributed by atoms with E-state index in [1.165, 1.54) is 17.0 Å². The second-order valence-corrected chi connectivity index (χ2v) is 8.58. The van der Waals surface area contributed by atoms with Gasteiger partial charge < -0.3 is 19.6 Å². The lowest BCUT2D eigenvalue weighted by atomic mass is 9.97. The molecule has 8 heteroatoms. The molecular weight excluding hydrogens is 449 g/mol. The normalized spacial score (nSPS) is 19.0. The minimum Gasteiger partial charge on any atom is -0.507 e. The Bertz CT molecular complexity index is 1310. The van der Waals surface area contributed by atoms with Crippen molar-refractivity contribution >= 4 is 23.1 Å². The summed E-state index contributed by atoms with van der Waals surface area (Å²) < 4.78 is 19.0. The first-order chi connectivity index (χ1) is 16.9. The van der Waals surface area contributed by atoms with Crippen LogP contribution in [-0.4, -0.2) is 53.4 Å². The highest BCUT2D eigenvalue weighted by atomic mass is 19.1. The predicted molar refractivity (Wildman–Crippen MR) is 129 cm³/mol. The van der Waals surface area contributed by atoms with Crippen LogP contribution < -0.4 is 9.64 Å². The molecule has 35 heavy (non-hydrogen) atoms. The summed E-state index contributed by atoms with van der Waals surface area (Å²) in [5.74, 6) is -1.38. The Morgan fingerprint density at radius 2 is 1.94 bits per heavy atom. The highest BCUT2D eigenvalue weighted by Crippen LogP contribution is 2.40. The molecule has 1 N–H and O–H groups in total. The number of fused-ring (bicyclic) bond motifs is 1. The third-order valence-corrected chi connectivity index (χ3v) is 6.39. The van der Waals surface area contributed by atoms with Crippen molar-refractivity contribution in [2.75, 3.05) is 31.6 Å². The molecule has 7 nitrogen and oxygen atoms in total. The SMILES string of the molecule is CN1CCOc2ccc(/C(O)=C3/C(=O)C(=O)N(CCc4ccc(F)cc4)C3c3ccccn3)cc21. The van der Waals surface area contributed by atoms with E-state index >= 15 is 0 Å². The average molecular weight is 474 g/mol. The summed E-state index contributed by atoms with van der Waals surface area (Å²) in [6.45, 7) is 1.46. The van der Waals surface area contributed by atoms with Gasteiger partial charge in [-0.1, -0.05) is 18.2 Å². The van der Waals surface area contributed by atoms with Crippen LogP contribution >= 0.6 is 0 Å². The fourth-order valence-corrected chi connectivity index (χ4v) is 4.51. The summed E-state index contributed by atoms with van der Waals surface area (Å²) in [5, 5.41) is 11.3. The lowest BCUT2D eigenvalue weighted by Crippen LogP contribution is -2.32. The lowest BCUT2D eigenvalue weighted by molar-refractivity contribution is -0.139. The van der Waals surface area contributed by atoms with Crippen LogP contribution in [0, 0.1) is 5.82 Å². The molecule has 2 aromatic carbocycles. The molecule has 0 aliphatic carbocycles. The summed E-state index contributed by atoms with van der Waals surface area (Å²) in [7, 11) is 1.92. The van der Waals surface area contributed by atoms with E-state index < -0.39 is 17.7 Å². The van der Waals surface area contributed by atoms with E-state index in [9.17, 15) is 19.1 Å². The Labute approximate surface area is 202 Å². The summed E-state index contributed by atoms with van der Waals surface area (Å²) in [4.78, 5) is 34.1.